The molecule has 0 radical (unpaired) electrons. The lowest BCUT2D eigenvalue weighted by Crippen LogP contribution is -2.28. The highest BCUT2D eigenvalue weighted by Gasteiger charge is 2.35. The zero-order chi connectivity index (χ0) is 17.1. The van der Waals surface area contributed by atoms with Crippen LogP contribution >= 0.6 is 0 Å². The molecule has 1 heterocycles. The first-order chi connectivity index (χ1) is 10.8. The summed E-state index contributed by atoms with van der Waals surface area (Å²) in [6.07, 6.45) is -0.165. The third-order valence-corrected chi connectivity index (χ3v) is 3.97. The van der Waals surface area contributed by atoms with Crippen molar-refractivity contribution in [3.63, 3.8) is 0 Å². The Morgan fingerprint density at radius 2 is 1.52 bits per heavy atom. The van der Waals surface area contributed by atoms with Gasteiger partial charge in [0.15, 0.2) is 0 Å². The monoisotopic (exact) mass is 317 g/mol. The van der Waals surface area contributed by atoms with Crippen molar-refractivity contribution in [3.05, 3.63) is 29.3 Å². The van der Waals surface area contributed by atoms with E-state index in [1.54, 1.807) is 0 Å². The number of nitrogens with one attached hydrogen (secondary N) is 3. The standard InChI is InChI=1S/C17H23N3O3/c1-9(2)11-6-5-7-12(10(3)4)15(11)18-14(21)8-13-16(22)19-20-17(13)23/h5-7,9-10,13H,8H2,1-4H3,(H,18,21)(H,19,22)(H,20,23). The van der Waals surface area contributed by atoms with Gasteiger partial charge in [-0.15, -0.1) is 0 Å². The summed E-state index contributed by atoms with van der Waals surface area (Å²) in [5.74, 6) is -1.73. The molecule has 6 heteroatoms. The molecule has 0 aliphatic carbocycles. The number of carbonyl (C=O) groups excluding carboxylic acids is 3. The van der Waals surface area contributed by atoms with Crippen molar-refractivity contribution < 1.29 is 14.4 Å². The molecule has 1 saturated heterocycles. The molecule has 124 valence electrons. The maximum Gasteiger partial charge on any atom is 0.251 e. The summed E-state index contributed by atoms with van der Waals surface area (Å²) in [6.45, 7) is 8.25. The highest BCUT2D eigenvalue weighted by atomic mass is 16.2. The molecule has 0 spiro atoms. The van der Waals surface area contributed by atoms with Gasteiger partial charge in [0, 0.05) is 12.1 Å². The van der Waals surface area contributed by atoms with Gasteiger partial charge in [0.25, 0.3) is 11.8 Å². The number of benzene rings is 1. The molecule has 6 nitrogen and oxygen atoms in total. The summed E-state index contributed by atoms with van der Waals surface area (Å²) < 4.78 is 0. The van der Waals surface area contributed by atoms with E-state index in [-0.39, 0.29) is 24.2 Å². The van der Waals surface area contributed by atoms with Crippen LogP contribution in [-0.4, -0.2) is 17.7 Å². The van der Waals surface area contributed by atoms with E-state index in [0.29, 0.717) is 0 Å². The highest BCUT2D eigenvalue weighted by Crippen LogP contribution is 2.32. The van der Waals surface area contributed by atoms with E-state index in [1.165, 1.54) is 0 Å². The van der Waals surface area contributed by atoms with Crippen LogP contribution in [0.5, 0.6) is 0 Å². The van der Waals surface area contributed by atoms with Crippen LogP contribution in [0.1, 0.15) is 57.1 Å². The Balaban J connectivity index is 2.23. The molecule has 0 unspecified atom stereocenters. The average Bonchev–Trinajstić information content (AvgIpc) is 2.78. The van der Waals surface area contributed by atoms with Crippen molar-refractivity contribution in [2.24, 2.45) is 5.92 Å². The number of hydrogen-bond donors (Lipinski definition) is 3. The van der Waals surface area contributed by atoms with Gasteiger partial charge in [0.1, 0.15) is 5.92 Å². The van der Waals surface area contributed by atoms with E-state index >= 15 is 0 Å². The van der Waals surface area contributed by atoms with Crippen LogP contribution in [0.2, 0.25) is 0 Å². The van der Waals surface area contributed by atoms with E-state index in [2.05, 4.69) is 43.9 Å². The van der Waals surface area contributed by atoms with Crippen LogP contribution in [0, 0.1) is 5.92 Å². The van der Waals surface area contributed by atoms with Crippen LogP contribution in [0.15, 0.2) is 18.2 Å². The second-order valence-corrected chi connectivity index (χ2v) is 6.40. The number of rotatable bonds is 5. The average molecular weight is 317 g/mol. The Labute approximate surface area is 136 Å². The molecule has 2 rings (SSSR count). The van der Waals surface area contributed by atoms with E-state index in [4.69, 9.17) is 0 Å². The topological polar surface area (TPSA) is 87.3 Å². The zero-order valence-corrected chi connectivity index (χ0v) is 13.9. The molecular formula is C17H23N3O3. The SMILES string of the molecule is CC(C)c1cccc(C(C)C)c1NC(=O)CC1C(=O)NNC1=O. The normalized spacial score (nSPS) is 15.0. The Hall–Kier alpha value is -2.37. The lowest BCUT2D eigenvalue weighted by molar-refractivity contribution is -0.131. The fourth-order valence-corrected chi connectivity index (χ4v) is 2.67. The number of hydrogen-bond acceptors (Lipinski definition) is 3. The summed E-state index contributed by atoms with van der Waals surface area (Å²) in [5, 5.41) is 2.91. The van der Waals surface area contributed by atoms with Crippen LogP contribution in [-0.2, 0) is 14.4 Å². The largest absolute Gasteiger partial charge is 0.326 e. The zero-order valence-electron chi connectivity index (χ0n) is 13.9. The van der Waals surface area contributed by atoms with Crippen molar-refractivity contribution >= 4 is 23.4 Å². The fraction of sp³-hybridized carbons (Fsp3) is 0.471. The third kappa shape index (κ3) is 3.70. The van der Waals surface area contributed by atoms with Gasteiger partial charge in [-0.25, -0.2) is 0 Å². The molecule has 3 amide bonds. The minimum atomic E-state index is -0.969. The van der Waals surface area contributed by atoms with E-state index in [0.717, 1.165) is 16.8 Å². The van der Waals surface area contributed by atoms with Gasteiger partial charge >= 0.3 is 0 Å². The van der Waals surface area contributed by atoms with Crippen LogP contribution in [0.3, 0.4) is 0 Å². The predicted octanol–water partition coefficient (Wildman–Crippen LogP) is 2.04. The summed E-state index contributed by atoms with van der Waals surface area (Å²) in [5.41, 5.74) is 7.34. The molecule has 0 aromatic heterocycles. The number of hydrazine groups is 1. The summed E-state index contributed by atoms with van der Waals surface area (Å²) in [6, 6.07) is 5.96. The number of anilines is 1. The molecule has 0 bridgehead atoms. The molecule has 1 aromatic carbocycles. The molecule has 23 heavy (non-hydrogen) atoms. The first-order valence-electron chi connectivity index (χ1n) is 7.83. The van der Waals surface area contributed by atoms with Gasteiger partial charge in [-0.2, -0.15) is 0 Å². The smallest absolute Gasteiger partial charge is 0.251 e. The summed E-state index contributed by atoms with van der Waals surface area (Å²) in [7, 11) is 0. The van der Waals surface area contributed by atoms with Gasteiger partial charge in [0.2, 0.25) is 5.91 Å². The van der Waals surface area contributed by atoms with Crippen molar-refractivity contribution in [3.8, 4) is 0 Å². The highest BCUT2D eigenvalue weighted by molar-refractivity contribution is 6.09. The van der Waals surface area contributed by atoms with Gasteiger partial charge in [-0.1, -0.05) is 45.9 Å². The molecule has 1 fully saturated rings. The van der Waals surface area contributed by atoms with Crippen molar-refractivity contribution in [1.29, 1.82) is 0 Å². The van der Waals surface area contributed by atoms with Gasteiger partial charge in [0.05, 0.1) is 0 Å². The molecule has 1 aliphatic rings. The lowest BCUT2D eigenvalue weighted by atomic mass is 9.92. The van der Waals surface area contributed by atoms with Crippen molar-refractivity contribution in [1.82, 2.24) is 10.9 Å². The van der Waals surface area contributed by atoms with E-state index in [9.17, 15) is 14.4 Å². The van der Waals surface area contributed by atoms with Crippen molar-refractivity contribution in [2.45, 2.75) is 46.0 Å². The van der Waals surface area contributed by atoms with E-state index in [1.807, 2.05) is 18.2 Å². The van der Waals surface area contributed by atoms with Crippen LogP contribution < -0.4 is 16.2 Å². The molecule has 0 atom stereocenters. The molecule has 1 aliphatic heterocycles. The first-order valence-corrected chi connectivity index (χ1v) is 7.83. The van der Waals surface area contributed by atoms with Gasteiger partial charge in [-0.05, 0) is 23.0 Å². The molecule has 0 saturated carbocycles. The van der Waals surface area contributed by atoms with Crippen molar-refractivity contribution in [2.75, 3.05) is 5.32 Å². The molecule has 1 aromatic rings. The first kappa shape index (κ1) is 17.0. The summed E-state index contributed by atoms with van der Waals surface area (Å²) >= 11 is 0. The Morgan fingerprint density at radius 1 is 1.04 bits per heavy atom. The van der Waals surface area contributed by atoms with Gasteiger partial charge in [-0.3, -0.25) is 25.2 Å². The van der Waals surface area contributed by atoms with E-state index < -0.39 is 17.7 Å². The van der Waals surface area contributed by atoms with Gasteiger partial charge < -0.3 is 5.32 Å². The Bertz CT molecular complexity index is 596. The fourth-order valence-electron chi connectivity index (χ4n) is 2.67. The van der Waals surface area contributed by atoms with Crippen LogP contribution in [0.25, 0.3) is 0 Å². The predicted molar refractivity (Wildman–Crippen MR) is 87.6 cm³/mol. The second kappa shape index (κ2) is 6.81. The second-order valence-electron chi connectivity index (χ2n) is 6.40. The summed E-state index contributed by atoms with van der Waals surface area (Å²) in [4.78, 5) is 35.4. The number of para-hydroxylation sites is 1. The third-order valence-electron chi connectivity index (χ3n) is 3.97. The lowest BCUT2D eigenvalue weighted by Gasteiger charge is -2.20. The number of amides is 3. The Kier molecular flexibility index (Phi) is 5.03. The molecular weight excluding hydrogens is 294 g/mol. The minimum Gasteiger partial charge on any atom is -0.326 e. The Morgan fingerprint density at radius 3 is 1.96 bits per heavy atom. The maximum atomic E-state index is 12.3. The number of carbonyl (C=O) groups is 3. The van der Waals surface area contributed by atoms with Crippen LogP contribution in [0.4, 0.5) is 5.69 Å². The maximum absolute atomic E-state index is 12.3. The minimum absolute atomic E-state index is 0.165. The molecule has 3 N–H and O–H groups in total. The quantitative estimate of drug-likeness (QED) is 0.726.